The Kier molecular flexibility index (Phi) is 4.02. The van der Waals surface area contributed by atoms with Gasteiger partial charge in [0, 0.05) is 24.3 Å². The Morgan fingerprint density at radius 2 is 1.90 bits per heavy atom. The molecule has 2 rings (SSSR count). The maximum absolute atomic E-state index is 12.6. The number of hydrogen-bond acceptors (Lipinski definition) is 3. The monoisotopic (exact) mass is 275 g/mol. The van der Waals surface area contributed by atoms with Crippen molar-refractivity contribution in [1.82, 2.24) is 9.88 Å². The number of carbonyl (C=O) groups is 1. The number of aromatic nitrogens is 1. The topological polar surface area (TPSA) is 59.2 Å². The van der Waals surface area contributed by atoms with Gasteiger partial charge in [-0.25, -0.2) is 4.98 Å². The highest BCUT2D eigenvalue weighted by Gasteiger charge is 2.28. The number of amides is 1. The number of nitrogens with zero attached hydrogens (tertiary/aromatic N) is 2. The van der Waals surface area contributed by atoms with Crippen molar-refractivity contribution in [3.8, 4) is 0 Å². The highest BCUT2D eigenvalue weighted by atomic mass is 16.2. The number of piperidine rings is 1. The van der Waals surface area contributed by atoms with Crippen LogP contribution in [0, 0.1) is 5.41 Å². The van der Waals surface area contributed by atoms with E-state index < -0.39 is 0 Å². The normalized spacial score (nSPS) is 18.4. The molecule has 4 heteroatoms. The van der Waals surface area contributed by atoms with Gasteiger partial charge in [0.15, 0.2) is 0 Å². The van der Waals surface area contributed by atoms with Gasteiger partial charge < -0.3 is 10.6 Å². The molecular weight excluding hydrogens is 250 g/mol. The molecule has 0 aromatic carbocycles. The van der Waals surface area contributed by atoms with Crippen molar-refractivity contribution in [2.75, 3.05) is 18.8 Å². The number of likely N-dealkylation sites (tertiary alicyclic amines) is 1. The van der Waals surface area contributed by atoms with E-state index in [0.717, 1.165) is 31.6 Å². The van der Waals surface area contributed by atoms with Crippen molar-refractivity contribution in [3.63, 3.8) is 0 Å². The number of hydrogen-bond donors (Lipinski definition) is 1. The summed E-state index contributed by atoms with van der Waals surface area (Å²) < 4.78 is 0. The lowest BCUT2D eigenvalue weighted by Gasteiger charge is -2.37. The van der Waals surface area contributed by atoms with Gasteiger partial charge >= 0.3 is 0 Å². The minimum absolute atomic E-state index is 0.0801. The molecule has 1 aromatic heterocycles. The summed E-state index contributed by atoms with van der Waals surface area (Å²) in [5, 5.41) is 0. The first kappa shape index (κ1) is 14.8. The quantitative estimate of drug-likeness (QED) is 0.902. The van der Waals surface area contributed by atoms with Crippen LogP contribution in [0.5, 0.6) is 0 Å². The summed E-state index contributed by atoms with van der Waals surface area (Å²) in [7, 11) is 0. The van der Waals surface area contributed by atoms with E-state index in [2.05, 4.69) is 32.7 Å². The maximum Gasteiger partial charge on any atom is 0.254 e. The lowest BCUT2D eigenvalue weighted by atomic mass is 9.82. The van der Waals surface area contributed by atoms with E-state index in [1.165, 1.54) is 0 Å². The first-order chi connectivity index (χ1) is 9.28. The third kappa shape index (κ3) is 3.30. The average molecular weight is 275 g/mol. The van der Waals surface area contributed by atoms with Crippen LogP contribution in [0.25, 0.3) is 0 Å². The van der Waals surface area contributed by atoms with Crippen LogP contribution >= 0.6 is 0 Å². The van der Waals surface area contributed by atoms with Gasteiger partial charge in [0.1, 0.15) is 5.82 Å². The van der Waals surface area contributed by atoms with E-state index in [4.69, 9.17) is 5.73 Å². The van der Waals surface area contributed by atoms with Crippen LogP contribution in [0.2, 0.25) is 0 Å². The molecular formula is C16H25N3O. The fraction of sp³-hybridized carbons (Fsp3) is 0.625. The zero-order chi connectivity index (χ0) is 14.9. The summed E-state index contributed by atoms with van der Waals surface area (Å²) in [5.74, 6) is 0.777. The molecule has 0 spiro atoms. The minimum atomic E-state index is 0.0801. The molecule has 2 heterocycles. The Morgan fingerprint density at radius 1 is 1.30 bits per heavy atom. The van der Waals surface area contributed by atoms with Crippen molar-refractivity contribution in [2.45, 2.75) is 46.5 Å². The van der Waals surface area contributed by atoms with Gasteiger partial charge in [0.05, 0.1) is 0 Å². The molecule has 2 N–H and O–H groups in total. The van der Waals surface area contributed by atoms with E-state index in [-0.39, 0.29) is 11.8 Å². The molecule has 1 saturated heterocycles. The fourth-order valence-corrected chi connectivity index (χ4v) is 2.49. The smallest absolute Gasteiger partial charge is 0.254 e. The Morgan fingerprint density at radius 3 is 2.45 bits per heavy atom. The van der Waals surface area contributed by atoms with Gasteiger partial charge in [-0.2, -0.15) is 0 Å². The summed E-state index contributed by atoms with van der Waals surface area (Å²) in [4.78, 5) is 18.8. The molecule has 1 amide bonds. The molecule has 0 aliphatic carbocycles. The first-order valence-electron chi connectivity index (χ1n) is 7.35. The lowest BCUT2D eigenvalue weighted by Crippen LogP contribution is -2.41. The second-order valence-corrected chi connectivity index (χ2v) is 6.82. The molecule has 20 heavy (non-hydrogen) atoms. The Bertz CT molecular complexity index is 498. The molecule has 0 saturated carbocycles. The highest BCUT2D eigenvalue weighted by molar-refractivity contribution is 5.95. The number of anilines is 1. The van der Waals surface area contributed by atoms with Crippen LogP contribution in [0.1, 0.15) is 62.5 Å². The van der Waals surface area contributed by atoms with Crippen LogP contribution in [-0.2, 0) is 0 Å². The number of nitrogen functional groups attached to an aromatic ring is 1. The van der Waals surface area contributed by atoms with Gasteiger partial charge in [-0.15, -0.1) is 0 Å². The van der Waals surface area contributed by atoms with E-state index in [0.29, 0.717) is 16.8 Å². The summed E-state index contributed by atoms with van der Waals surface area (Å²) in [6, 6.07) is 3.57. The molecule has 1 aliphatic rings. The molecule has 0 radical (unpaired) electrons. The van der Waals surface area contributed by atoms with Gasteiger partial charge in [0.25, 0.3) is 5.91 Å². The van der Waals surface area contributed by atoms with Crippen LogP contribution in [0.4, 0.5) is 5.82 Å². The molecule has 4 nitrogen and oxygen atoms in total. The van der Waals surface area contributed by atoms with Gasteiger partial charge in [-0.3, -0.25) is 4.79 Å². The van der Waals surface area contributed by atoms with E-state index in [9.17, 15) is 4.79 Å². The van der Waals surface area contributed by atoms with Gasteiger partial charge in [-0.1, -0.05) is 27.7 Å². The van der Waals surface area contributed by atoms with Crippen LogP contribution in [0.15, 0.2) is 12.1 Å². The van der Waals surface area contributed by atoms with E-state index in [1.807, 2.05) is 11.0 Å². The molecule has 0 bridgehead atoms. The lowest BCUT2D eigenvalue weighted by molar-refractivity contribution is 0.0630. The highest BCUT2D eigenvalue weighted by Crippen LogP contribution is 2.30. The fourth-order valence-electron chi connectivity index (χ4n) is 2.49. The maximum atomic E-state index is 12.6. The molecule has 0 unspecified atom stereocenters. The Labute approximate surface area is 121 Å². The Hall–Kier alpha value is -1.58. The summed E-state index contributed by atoms with van der Waals surface area (Å²) in [6.45, 7) is 10.3. The van der Waals surface area contributed by atoms with E-state index in [1.54, 1.807) is 6.07 Å². The van der Waals surface area contributed by atoms with Crippen molar-refractivity contribution in [3.05, 3.63) is 23.4 Å². The molecule has 0 atom stereocenters. The second kappa shape index (κ2) is 5.43. The van der Waals surface area contributed by atoms with Gasteiger partial charge in [0.2, 0.25) is 0 Å². The predicted octanol–water partition coefficient (Wildman–Crippen LogP) is 3.05. The molecule has 1 aliphatic heterocycles. The zero-order valence-electron chi connectivity index (χ0n) is 12.9. The zero-order valence-corrected chi connectivity index (χ0v) is 12.9. The number of pyridine rings is 1. The molecule has 1 aromatic rings. The average Bonchev–Trinajstić information content (AvgIpc) is 2.37. The molecule has 1 fully saturated rings. The summed E-state index contributed by atoms with van der Waals surface area (Å²) in [5.41, 5.74) is 7.72. The third-order valence-corrected chi connectivity index (χ3v) is 4.11. The van der Waals surface area contributed by atoms with Crippen LogP contribution < -0.4 is 5.73 Å². The second-order valence-electron chi connectivity index (χ2n) is 6.82. The summed E-state index contributed by atoms with van der Waals surface area (Å²) in [6.07, 6.45) is 2.10. The predicted molar refractivity (Wildman–Crippen MR) is 81.7 cm³/mol. The minimum Gasteiger partial charge on any atom is -0.384 e. The first-order valence-corrected chi connectivity index (χ1v) is 7.35. The number of rotatable bonds is 2. The van der Waals surface area contributed by atoms with Crippen LogP contribution in [0.3, 0.4) is 0 Å². The van der Waals surface area contributed by atoms with Crippen LogP contribution in [-0.4, -0.2) is 28.9 Å². The van der Waals surface area contributed by atoms with Crippen molar-refractivity contribution < 1.29 is 4.79 Å². The summed E-state index contributed by atoms with van der Waals surface area (Å²) >= 11 is 0. The number of carbonyl (C=O) groups excluding carboxylic acids is 1. The van der Waals surface area contributed by atoms with Gasteiger partial charge in [-0.05, 0) is 36.3 Å². The van der Waals surface area contributed by atoms with Crippen molar-refractivity contribution in [1.29, 1.82) is 0 Å². The van der Waals surface area contributed by atoms with Crippen molar-refractivity contribution in [2.24, 2.45) is 5.41 Å². The third-order valence-electron chi connectivity index (χ3n) is 4.11. The number of nitrogens with two attached hydrogens (primary N) is 1. The SMILES string of the molecule is CC(C)c1cc(C(=O)N2CCC(C)(C)CC2)cc(N)n1. The van der Waals surface area contributed by atoms with E-state index >= 15 is 0 Å². The van der Waals surface area contributed by atoms with Crippen molar-refractivity contribution >= 4 is 11.7 Å². The molecule has 110 valence electrons. The standard InChI is InChI=1S/C16H25N3O/c1-11(2)13-9-12(10-14(17)18-13)15(20)19-7-5-16(3,4)6-8-19/h9-11H,5-8H2,1-4H3,(H2,17,18). The Balaban J connectivity index is 2.17. The largest absolute Gasteiger partial charge is 0.384 e.